The predicted molar refractivity (Wildman–Crippen MR) is 89.6 cm³/mol. The van der Waals surface area contributed by atoms with Crippen molar-refractivity contribution in [3.8, 4) is 5.75 Å². The molecule has 0 amide bonds. The minimum Gasteiger partial charge on any atom is -0.508 e. The average Bonchev–Trinajstić information content (AvgIpc) is 2.95. The van der Waals surface area contributed by atoms with Gasteiger partial charge in [-0.25, -0.2) is 4.79 Å². The topological polar surface area (TPSA) is 77.5 Å². The molecule has 1 aromatic heterocycles. The van der Waals surface area contributed by atoms with Crippen LogP contribution in [0, 0.1) is 0 Å². The number of benzene rings is 1. The summed E-state index contributed by atoms with van der Waals surface area (Å²) in [7, 11) is 0. The molecule has 23 heavy (non-hydrogen) atoms. The van der Waals surface area contributed by atoms with Crippen molar-refractivity contribution in [1.29, 1.82) is 0 Å². The lowest BCUT2D eigenvalue weighted by molar-refractivity contribution is 0.0528. The molecule has 0 aliphatic heterocycles. The van der Waals surface area contributed by atoms with Crippen molar-refractivity contribution in [3.63, 3.8) is 0 Å². The molecule has 1 saturated carbocycles. The number of phenolic OH excluding ortho intramolecular Hbond substituents is 1. The first kappa shape index (κ1) is 15.9. The highest BCUT2D eigenvalue weighted by Crippen LogP contribution is 2.37. The summed E-state index contributed by atoms with van der Waals surface area (Å²) in [6, 6.07) is 3.93. The van der Waals surface area contributed by atoms with Crippen molar-refractivity contribution >= 4 is 16.9 Å². The van der Waals surface area contributed by atoms with E-state index in [-0.39, 0.29) is 18.3 Å². The molecule has 2 aromatic rings. The number of aromatic nitrogens is 1. The number of aromatic hydroxyl groups is 1. The van der Waals surface area contributed by atoms with Crippen LogP contribution < -0.4 is 5.73 Å². The molecule has 0 atom stereocenters. The van der Waals surface area contributed by atoms with E-state index < -0.39 is 0 Å². The third kappa shape index (κ3) is 2.81. The molecular weight excluding hydrogens is 292 g/mol. The number of phenols is 1. The molecular formula is C18H24N2O3. The van der Waals surface area contributed by atoms with Crippen LogP contribution in [0.4, 0.5) is 0 Å². The Morgan fingerprint density at radius 3 is 2.74 bits per heavy atom. The fourth-order valence-corrected chi connectivity index (χ4v) is 3.64. The van der Waals surface area contributed by atoms with E-state index in [9.17, 15) is 9.90 Å². The van der Waals surface area contributed by atoms with Gasteiger partial charge in [0.05, 0.1) is 12.2 Å². The van der Waals surface area contributed by atoms with Gasteiger partial charge in [0.25, 0.3) is 0 Å². The number of nitrogens with two attached hydrogens (primary N) is 1. The zero-order chi connectivity index (χ0) is 16.4. The van der Waals surface area contributed by atoms with Crippen LogP contribution in [0.25, 0.3) is 10.9 Å². The second kappa shape index (κ2) is 6.62. The van der Waals surface area contributed by atoms with Crippen LogP contribution in [0.1, 0.15) is 61.0 Å². The van der Waals surface area contributed by atoms with E-state index in [2.05, 4.69) is 4.57 Å². The molecule has 0 radical (unpaired) electrons. The van der Waals surface area contributed by atoms with Gasteiger partial charge in [-0.05, 0) is 31.9 Å². The van der Waals surface area contributed by atoms with Crippen LogP contribution in [0.15, 0.2) is 18.3 Å². The molecule has 0 bridgehead atoms. The smallest absolute Gasteiger partial charge is 0.340 e. The van der Waals surface area contributed by atoms with Crippen molar-refractivity contribution in [2.24, 2.45) is 5.73 Å². The Balaban J connectivity index is 2.19. The Labute approximate surface area is 136 Å². The number of carbonyl (C=O) groups is 1. The van der Waals surface area contributed by atoms with Gasteiger partial charge in [-0.2, -0.15) is 0 Å². The van der Waals surface area contributed by atoms with Crippen molar-refractivity contribution in [2.45, 2.75) is 51.6 Å². The van der Waals surface area contributed by atoms with E-state index in [4.69, 9.17) is 10.5 Å². The van der Waals surface area contributed by atoms with Crippen LogP contribution in [-0.4, -0.2) is 22.2 Å². The zero-order valence-electron chi connectivity index (χ0n) is 13.5. The van der Waals surface area contributed by atoms with Crippen LogP contribution in [0.5, 0.6) is 5.75 Å². The quantitative estimate of drug-likeness (QED) is 0.846. The molecule has 0 saturated heterocycles. The minimum atomic E-state index is -0.354. The number of hydrogen-bond acceptors (Lipinski definition) is 4. The Hall–Kier alpha value is -2.01. The fourth-order valence-electron chi connectivity index (χ4n) is 3.64. The predicted octanol–water partition coefficient (Wildman–Crippen LogP) is 3.49. The van der Waals surface area contributed by atoms with Gasteiger partial charge in [0.15, 0.2) is 0 Å². The lowest BCUT2D eigenvalue weighted by atomic mass is 9.95. The summed E-state index contributed by atoms with van der Waals surface area (Å²) in [4.78, 5) is 12.4. The number of carbonyl (C=O) groups excluding carboxylic acids is 1. The second-order valence-corrected chi connectivity index (χ2v) is 6.12. The molecule has 124 valence electrons. The van der Waals surface area contributed by atoms with Gasteiger partial charge in [0.2, 0.25) is 0 Å². The first-order chi connectivity index (χ1) is 11.2. The van der Waals surface area contributed by atoms with Crippen LogP contribution >= 0.6 is 0 Å². The zero-order valence-corrected chi connectivity index (χ0v) is 13.5. The molecule has 0 unspecified atom stereocenters. The standard InChI is InChI=1S/C18H24N2O3/c1-2-23-18(22)14-11-20(12-6-4-3-5-7-12)15-8-9-16(21)13(10-19)17(14)15/h8-9,11-12,21H,2-7,10,19H2,1H3. The Morgan fingerprint density at radius 2 is 2.09 bits per heavy atom. The number of rotatable bonds is 4. The van der Waals surface area contributed by atoms with Gasteiger partial charge in [0.1, 0.15) is 5.75 Å². The normalized spacial score (nSPS) is 15.9. The Kier molecular flexibility index (Phi) is 4.57. The molecule has 1 aliphatic carbocycles. The van der Waals surface area contributed by atoms with Gasteiger partial charge in [0, 0.05) is 35.2 Å². The van der Waals surface area contributed by atoms with E-state index in [1.807, 2.05) is 12.3 Å². The molecule has 3 N–H and O–H groups in total. The molecule has 3 rings (SSSR count). The molecule has 1 fully saturated rings. The highest BCUT2D eigenvalue weighted by atomic mass is 16.5. The van der Waals surface area contributed by atoms with Crippen LogP contribution in [0.3, 0.4) is 0 Å². The van der Waals surface area contributed by atoms with Crippen molar-refractivity contribution in [2.75, 3.05) is 6.61 Å². The summed E-state index contributed by atoms with van der Waals surface area (Å²) in [5.74, 6) is -0.223. The average molecular weight is 316 g/mol. The summed E-state index contributed by atoms with van der Waals surface area (Å²) >= 11 is 0. The Morgan fingerprint density at radius 1 is 1.35 bits per heavy atom. The number of ether oxygens (including phenoxy) is 1. The van der Waals surface area contributed by atoms with E-state index in [0.29, 0.717) is 23.8 Å². The van der Waals surface area contributed by atoms with Crippen molar-refractivity contribution in [3.05, 3.63) is 29.5 Å². The van der Waals surface area contributed by atoms with Gasteiger partial charge in [-0.1, -0.05) is 19.3 Å². The van der Waals surface area contributed by atoms with Crippen LogP contribution in [-0.2, 0) is 11.3 Å². The third-order valence-electron chi connectivity index (χ3n) is 4.75. The monoisotopic (exact) mass is 316 g/mol. The van der Waals surface area contributed by atoms with E-state index in [1.54, 1.807) is 13.0 Å². The molecule has 5 nitrogen and oxygen atoms in total. The first-order valence-electron chi connectivity index (χ1n) is 8.40. The maximum atomic E-state index is 12.4. The number of nitrogens with zero attached hydrogens (tertiary/aromatic N) is 1. The molecule has 0 spiro atoms. The van der Waals surface area contributed by atoms with Gasteiger partial charge in [-0.15, -0.1) is 0 Å². The van der Waals surface area contributed by atoms with E-state index in [1.165, 1.54) is 19.3 Å². The fraction of sp³-hybridized carbons (Fsp3) is 0.500. The lowest BCUT2D eigenvalue weighted by Gasteiger charge is -2.24. The van der Waals surface area contributed by atoms with Gasteiger partial charge >= 0.3 is 5.97 Å². The summed E-state index contributed by atoms with van der Waals surface area (Å²) < 4.78 is 7.38. The summed E-state index contributed by atoms with van der Waals surface area (Å²) in [6.07, 6.45) is 7.81. The SMILES string of the molecule is CCOC(=O)c1cn(C2CCCCC2)c2ccc(O)c(CN)c12. The maximum absolute atomic E-state index is 12.4. The molecule has 1 heterocycles. The largest absolute Gasteiger partial charge is 0.508 e. The highest BCUT2D eigenvalue weighted by Gasteiger charge is 2.24. The number of fused-ring (bicyclic) bond motifs is 1. The Bertz CT molecular complexity index is 715. The van der Waals surface area contributed by atoms with Crippen molar-refractivity contribution in [1.82, 2.24) is 4.57 Å². The first-order valence-corrected chi connectivity index (χ1v) is 8.40. The number of esters is 1. The van der Waals surface area contributed by atoms with Crippen molar-refractivity contribution < 1.29 is 14.6 Å². The third-order valence-corrected chi connectivity index (χ3v) is 4.75. The van der Waals surface area contributed by atoms with Gasteiger partial charge in [-0.3, -0.25) is 0 Å². The maximum Gasteiger partial charge on any atom is 0.340 e. The molecule has 5 heteroatoms. The van der Waals surface area contributed by atoms with Gasteiger partial charge < -0.3 is 20.1 Å². The van der Waals surface area contributed by atoms with E-state index in [0.717, 1.165) is 23.7 Å². The molecule has 1 aromatic carbocycles. The lowest BCUT2D eigenvalue weighted by Crippen LogP contribution is -2.12. The number of hydrogen-bond donors (Lipinski definition) is 2. The highest BCUT2D eigenvalue weighted by molar-refractivity contribution is 6.06. The second-order valence-electron chi connectivity index (χ2n) is 6.12. The summed E-state index contributed by atoms with van der Waals surface area (Å²) in [6.45, 7) is 2.30. The molecule has 1 aliphatic rings. The summed E-state index contributed by atoms with van der Waals surface area (Å²) in [5, 5.41) is 10.9. The summed E-state index contributed by atoms with van der Waals surface area (Å²) in [5.41, 5.74) is 7.90. The van der Waals surface area contributed by atoms with E-state index >= 15 is 0 Å². The van der Waals surface area contributed by atoms with Crippen LogP contribution in [0.2, 0.25) is 0 Å². The minimum absolute atomic E-state index is 0.131.